The van der Waals surface area contributed by atoms with E-state index in [9.17, 15) is 14.4 Å². The number of aliphatic carboxylic acids is 1. The number of carboxylic acids is 1. The normalized spacial score (nSPS) is 11.5. The van der Waals surface area contributed by atoms with E-state index in [1.54, 1.807) is 18.2 Å². The Morgan fingerprint density at radius 1 is 1.50 bits per heavy atom. The average molecular weight is 389 g/mol. The molecule has 1 unspecified atom stereocenters. The SMILES string of the molecule is C=CCCC(NC(=O)CN(C)C(=O)c1ccc(Br)s1)C(=O)O. The molecule has 1 rings (SSSR count). The van der Waals surface area contributed by atoms with Gasteiger partial charge in [0, 0.05) is 7.05 Å². The summed E-state index contributed by atoms with van der Waals surface area (Å²) in [6.07, 6.45) is 2.34. The Hall–Kier alpha value is -1.67. The van der Waals surface area contributed by atoms with Crippen molar-refractivity contribution >= 4 is 45.1 Å². The molecule has 1 aromatic rings. The van der Waals surface area contributed by atoms with E-state index in [0.29, 0.717) is 11.3 Å². The number of nitrogens with zero attached hydrogens (tertiary/aromatic N) is 1. The summed E-state index contributed by atoms with van der Waals surface area (Å²) in [5.41, 5.74) is 0. The van der Waals surface area contributed by atoms with Crippen molar-refractivity contribution in [1.29, 1.82) is 0 Å². The second-order valence-corrected chi connectivity index (χ2v) is 7.05. The smallest absolute Gasteiger partial charge is 0.326 e. The Labute approximate surface area is 140 Å². The molecule has 0 aliphatic heterocycles. The molecule has 22 heavy (non-hydrogen) atoms. The van der Waals surface area contributed by atoms with Crippen LogP contribution in [-0.2, 0) is 9.59 Å². The largest absolute Gasteiger partial charge is 0.480 e. The number of hydrogen-bond donors (Lipinski definition) is 2. The summed E-state index contributed by atoms with van der Waals surface area (Å²) in [6, 6.07) is 2.43. The van der Waals surface area contributed by atoms with E-state index in [2.05, 4.69) is 27.8 Å². The summed E-state index contributed by atoms with van der Waals surface area (Å²) < 4.78 is 0.823. The number of amides is 2. The number of nitrogens with one attached hydrogen (secondary N) is 1. The molecule has 0 spiro atoms. The monoisotopic (exact) mass is 388 g/mol. The lowest BCUT2D eigenvalue weighted by molar-refractivity contribution is -0.142. The topological polar surface area (TPSA) is 86.7 Å². The zero-order valence-electron chi connectivity index (χ0n) is 12.0. The van der Waals surface area contributed by atoms with Gasteiger partial charge in [-0.3, -0.25) is 9.59 Å². The van der Waals surface area contributed by atoms with E-state index in [-0.39, 0.29) is 18.9 Å². The van der Waals surface area contributed by atoms with Crippen molar-refractivity contribution < 1.29 is 19.5 Å². The molecular formula is C14H17BrN2O4S. The van der Waals surface area contributed by atoms with Crippen molar-refractivity contribution in [3.63, 3.8) is 0 Å². The molecule has 0 radical (unpaired) electrons. The highest BCUT2D eigenvalue weighted by molar-refractivity contribution is 9.11. The number of hydrogen-bond acceptors (Lipinski definition) is 4. The minimum atomic E-state index is -1.11. The summed E-state index contributed by atoms with van der Waals surface area (Å²) in [5.74, 6) is -1.90. The lowest BCUT2D eigenvalue weighted by Gasteiger charge is -2.18. The Bertz CT molecular complexity index is 573. The first-order chi connectivity index (χ1) is 10.3. The maximum absolute atomic E-state index is 12.1. The van der Waals surface area contributed by atoms with Crippen LogP contribution in [0.5, 0.6) is 0 Å². The zero-order chi connectivity index (χ0) is 16.7. The van der Waals surface area contributed by atoms with E-state index < -0.39 is 17.9 Å². The van der Waals surface area contributed by atoms with Gasteiger partial charge in [0.2, 0.25) is 5.91 Å². The fourth-order valence-electron chi connectivity index (χ4n) is 1.69. The van der Waals surface area contributed by atoms with Gasteiger partial charge in [0.05, 0.1) is 15.2 Å². The van der Waals surface area contributed by atoms with Crippen molar-refractivity contribution in [2.45, 2.75) is 18.9 Å². The van der Waals surface area contributed by atoms with E-state index in [1.165, 1.54) is 23.3 Å². The van der Waals surface area contributed by atoms with Gasteiger partial charge in [-0.1, -0.05) is 6.08 Å². The van der Waals surface area contributed by atoms with E-state index in [1.807, 2.05) is 0 Å². The minimum absolute atomic E-state index is 0.202. The number of likely N-dealkylation sites (N-methyl/N-ethyl adjacent to an activating group) is 1. The van der Waals surface area contributed by atoms with Crippen LogP contribution in [-0.4, -0.2) is 47.4 Å². The summed E-state index contributed by atoms with van der Waals surface area (Å²) in [5, 5.41) is 11.4. The van der Waals surface area contributed by atoms with Crippen molar-refractivity contribution in [3.8, 4) is 0 Å². The zero-order valence-corrected chi connectivity index (χ0v) is 14.4. The number of carbonyl (C=O) groups is 3. The molecule has 0 saturated heterocycles. The van der Waals surface area contributed by atoms with Crippen LogP contribution in [0.1, 0.15) is 22.5 Å². The van der Waals surface area contributed by atoms with Crippen molar-refractivity contribution in [3.05, 3.63) is 33.5 Å². The number of carboxylic acid groups (broad SMARTS) is 1. The maximum Gasteiger partial charge on any atom is 0.326 e. The molecule has 0 bridgehead atoms. The standard InChI is InChI=1S/C14H17BrN2O4S/c1-3-4-5-9(14(20)21)16-12(18)8-17(2)13(19)10-6-7-11(15)22-10/h3,6-7,9H,1,4-5,8H2,2H3,(H,16,18)(H,20,21). The van der Waals surface area contributed by atoms with Crippen LogP contribution in [0.15, 0.2) is 28.6 Å². The summed E-state index contributed by atoms with van der Waals surface area (Å²) in [7, 11) is 1.50. The molecule has 2 amide bonds. The van der Waals surface area contributed by atoms with E-state index in [4.69, 9.17) is 5.11 Å². The predicted molar refractivity (Wildman–Crippen MR) is 88.0 cm³/mol. The Morgan fingerprint density at radius 2 is 2.18 bits per heavy atom. The average Bonchev–Trinajstić information content (AvgIpc) is 2.88. The van der Waals surface area contributed by atoms with Gasteiger partial charge in [0.25, 0.3) is 5.91 Å². The number of rotatable bonds is 8. The van der Waals surface area contributed by atoms with Gasteiger partial charge in [-0.2, -0.15) is 0 Å². The van der Waals surface area contributed by atoms with E-state index >= 15 is 0 Å². The Morgan fingerprint density at radius 3 is 2.68 bits per heavy atom. The van der Waals surface area contributed by atoms with Gasteiger partial charge < -0.3 is 15.3 Å². The molecule has 6 nitrogen and oxygen atoms in total. The second kappa shape index (κ2) is 8.70. The van der Waals surface area contributed by atoms with E-state index in [0.717, 1.165) is 3.79 Å². The second-order valence-electron chi connectivity index (χ2n) is 4.59. The van der Waals surface area contributed by atoms with Crippen LogP contribution in [0.25, 0.3) is 0 Å². The first kappa shape index (κ1) is 18.4. The molecule has 0 aromatic carbocycles. The van der Waals surface area contributed by atoms with Gasteiger partial charge in [-0.05, 0) is 40.9 Å². The van der Waals surface area contributed by atoms with Crippen LogP contribution in [0.2, 0.25) is 0 Å². The third-order valence-electron chi connectivity index (χ3n) is 2.80. The van der Waals surface area contributed by atoms with Gasteiger partial charge in [-0.15, -0.1) is 17.9 Å². The molecule has 8 heteroatoms. The number of carbonyl (C=O) groups excluding carboxylic acids is 2. The summed E-state index contributed by atoms with van der Waals surface area (Å²) >= 11 is 4.54. The van der Waals surface area contributed by atoms with Crippen LogP contribution in [0.3, 0.4) is 0 Å². The van der Waals surface area contributed by atoms with Gasteiger partial charge in [-0.25, -0.2) is 4.79 Å². The molecular weight excluding hydrogens is 372 g/mol. The predicted octanol–water partition coefficient (Wildman–Crippen LogP) is 2.12. The Kier molecular flexibility index (Phi) is 7.26. The lowest BCUT2D eigenvalue weighted by atomic mass is 10.1. The van der Waals surface area contributed by atoms with Crippen LogP contribution in [0.4, 0.5) is 0 Å². The molecule has 120 valence electrons. The lowest BCUT2D eigenvalue weighted by Crippen LogP contribution is -2.45. The number of halogens is 1. The van der Waals surface area contributed by atoms with Gasteiger partial charge >= 0.3 is 5.97 Å². The molecule has 1 atom stereocenters. The van der Waals surface area contributed by atoms with Crippen LogP contribution in [0, 0.1) is 0 Å². The number of allylic oxidation sites excluding steroid dienone is 1. The summed E-state index contributed by atoms with van der Waals surface area (Å²) in [4.78, 5) is 36.8. The maximum atomic E-state index is 12.1. The molecule has 2 N–H and O–H groups in total. The first-order valence-corrected chi connectivity index (χ1v) is 8.10. The molecule has 0 aliphatic carbocycles. The first-order valence-electron chi connectivity index (χ1n) is 6.49. The third-order valence-corrected chi connectivity index (χ3v) is 4.42. The number of thiophene rings is 1. The fourth-order valence-corrected chi connectivity index (χ4v) is 3.07. The fraction of sp³-hybridized carbons (Fsp3) is 0.357. The van der Waals surface area contributed by atoms with Crippen LogP contribution < -0.4 is 5.32 Å². The minimum Gasteiger partial charge on any atom is -0.480 e. The molecule has 0 saturated carbocycles. The van der Waals surface area contributed by atoms with Crippen molar-refractivity contribution in [2.24, 2.45) is 0 Å². The highest BCUT2D eigenvalue weighted by atomic mass is 79.9. The van der Waals surface area contributed by atoms with Crippen LogP contribution >= 0.6 is 27.3 Å². The molecule has 1 heterocycles. The third kappa shape index (κ3) is 5.61. The van der Waals surface area contributed by atoms with Gasteiger partial charge in [0.15, 0.2) is 0 Å². The van der Waals surface area contributed by atoms with Crippen molar-refractivity contribution in [2.75, 3.05) is 13.6 Å². The molecule has 0 aliphatic rings. The highest BCUT2D eigenvalue weighted by Crippen LogP contribution is 2.22. The highest BCUT2D eigenvalue weighted by Gasteiger charge is 2.21. The quantitative estimate of drug-likeness (QED) is 0.667. The molecule has 0 fully saturated rings. The Balaban J connectivity index is 2.57. The van der Waals surface area contributed by atoms with Crippen molar-refractivity contribution in [1.82, 2.24) is 10.2 Å². The summed E-state index contributed by atoms with van der Waals surface area (Å²) in [6.45, 7) is 3.31. The van der Waals surface area contributed by atoms with Gasteiger partial charge in [0.1, 0.15) is 6.04 Å². The molecule has 1 aromatic heterocycles.